The van der Waals surface area contributed by atoms with Gasteiger partial charge < -0.3 is 20.8 Å². The molecular weight excluding hydrogens is 395 g/mol. The molecule has 3 aromatic heterocycles. The number of carbonyl (C=O) groups excluding carboxylic acids is 1. The van der Waals surface area contributed by atoms with Gasteiger partial charge >= 0.3 is 0 Å². The maximum Gasteiger partial charge on any atom is 0.274 e. The third-order valence-electron chi connectivity index (χ3n) is 4.30. The van der Waals surface area contributed by atoms with Crippen molar-refractivity contribution in [1.29, 1.82) is 0 Å². The Labute approximate surface area is 170 Å². The van der Waals surface area contributed by atoms with Gasteiger partial charge in [0.25, 0.3) is 5.91 Å². The molecule has 0 saturated carbocycles. The van der Waals surface area contributed by atoms with Crippen LogP contribution in [0.1, 0.15) is 16.1 Å². The molecule has 7 nitrogen and oxygen atoms in total. The largest absolute Gasteiger partial charge is 0.382 e. The van der Waals surface area contributed by atoms with Gasteiger partial charge in [0, 0.05) is 30.2 Å². The highest BCUT2D eigenvalue weighted by Crippen LogP contribution is 2.20. The minimum absolute atomic E-state index is 0.179. The van der Waals surface area contributed by atoms with Gasteiger partial charge in [-0.05, 0) is 42.5 Å². The van der Waals surface area contributed by atoms with E-state index in [9.17, 15) is 9.18 Å². The Hall–Kier alpha value is -3.65. The van der Waals surface area contributed by atoms with Gasteiger partial charge in [-0.1, -0.05) is 11.6 Å². The molecule has 0 aliphatic carbocycles. The highest BCUT2D eigenvalue weighted by molar-refractivity contribution is 6.31. The van der Waals surface area contributed by atoms with Crippen molar-refractivity contribution in [1.82, 2.24) is 14.4 Å². The van der Waals surface area contributed by atoms with Crippen LogP contribution in [0.2, 0.25) is 5.02 Å². The molecule has 1 amide bonds. The fraction of sp³-hybridized carbons (Fsp3) is 0.0500. The number of benzene rings is 1. The molecule has 0 saturated heterocycles. The minimum atomic E-state index is -0.410. The molecule has 29 heavy (non-hydrogen) atoms. The number of hydrogen-bond donors (Lipinski definition) is 3. The van der Waals surface area contributed by atoms with Gasteiger partial charge in [-0.15, -0.1) is 0 Å². The molecule has 4 aromatic rings. The summed E-state index contributed by atoms with van der Waals surface area (Å²) in [5, 5.41) is 6.32. The summed E-state index contributed by atoms with van der Waals surface area (Å²) in [4.78, 5) is 20.6. The number of halogens is 2. The molecule has 0 bridgehead atoms. The number of nitrogen functional groups attached to an aromatic ring is 1. The molecule has 0 radical (unpaired) electrons. The molecule has 1 aromatic carbocycles. The van der Waals surface area contributed by atoms with E-state index in [1.165, 1.54) is 18.5 Å². The summed E-state index contributed by atoms with van der Waals surface area (Å²) in [5.74, 6) is -0.489. The second kappa shape index (κ2) is 7.76. The van der Waals surface area contributed by atoms with Gasteiger partial charge in [0.15, 0.2) is 0 Å². The molecular formula is C20H16ClFN6O. The number of fused-ring (bicyclic) bond motifs is 1. The first-order chi connectivity index (χ1) is 14.0. The fourth-order valence-electron chi connectivity index (χ4n) is 2.84. The summed E-state index contributed by atoms with van der Waals surface area (Å²) in [7, 11) is 0. The van der Waals surface area contributed by atoms with Gasteiger partial charge in [-0.2, -0.15) is 0 Å². The number of nitrogens with zero attached hydrogens (tertiary/aromatic N) is 3. The molecule has 0 spiro atoms. The zero-order valence-electron chi connectivity index (χ0n) is 15.1. The van der Waals surface area contributed by atoms with Gasteiger partial charge in [-0.3, -0.25) is 4.79 Å². The SMILES string of the molecule is Nc1ncccc1NCc1cc(NC(=O)c2cc3cc(Cl)cn3cn2)ccc1F. The predicted octanol–water partition coefficient (Wildman–Crippen LogP) is 3.97. The number of carbonyl (C=O) groups is 1. The van der Waals surface area contributed by atoms with E-state index >= 15 is 0 Å². The van der Waals surface area contributed by atoms with Crippen molar-refractivity contribution in [3.8, 4) is 0 Å². The zero-order valence-corrected chi connectivity index (χ0v) is 15.8. The van der Waals surface area contributed by atoms with Crippen molar-refractivity contribution < 1.29 is 9.18 Å². The molecule has 0 atom stereocenters. The maximum absolute atomic E-state index is 14.2. The van der Waals surface area contributed by atoms with E-state index < -0.39 is 11.7 Å². The van der Waals surface area contributed by atoms with Crippen LogP contribution < -0.4 is 16.4 Å². The third kappa shape index (κ3) is 4.12. The van der Waals surface area contributed by atoms with Crippen molar-refractivity contribution in [2.75, 3.05) is 16.4 Å². The van der Waals surface area contributed by atoms with Crippen LogP contribution in [0.5, 0.6) is 0 Å². The number of nitrogens with one attached hydrogen (secondary N) is 2. The van der Waals surface area contributed by atoms with Crippen LogP contribution in [-0.2, 0) is 6.54 Å². The average Bonchev–Trinajstić information content (AvgIpc) is 3.08. The van der Waals surface area contributed by atoms with E-state index in [-0.39, 0.29) is 12.2 Å². The lowest BCUT2D eigenvalue weighted by Crippen LogP contribution is -2.14. The Balaban J connectivity index is 1.50. The van der Waals surface area contributed by atoms with Gasteiger partial charge in [0.2, 0.25) is 0 Å². The lowest BCUT2D eigenvalue weighted by molar-refractivity contribution is 0.102. The number of pyridine rings is 1. The quantitative estimate of drug-likeness (QED) is 0.462. The Morgan fingerprint density at radius 2 is 2.07 bits per heavy atom. The predicted molar refractivity (Wildman–Crippen MR) is 111 cm³/mol. The minimum Gasteiger partial charge on any atom is -0.382 e. The Kier molecular flexibility index (Phi) is 5.01. The topological polar surface area (TPSA) is 97.3 Å². The summed E-state index contributed by atoms with van der Waals surface area (Å²) in [6.07, 6.45) is 4.78. The first kappa shape index (κ1) is 18.7. The molecule has 0 fully saturated rings. The first-order valence-electron chi connectivity index (χ1n) is 8.67. The van der Waals surface area contributed by atoms with Crippen LogP contribution in [0.25, 0.3) is 5.52 Å². The van der Waals surface area contributed by atoms with Crippen molar-refractivity contribution in [3.63, 3.8) is 0 Å². The van der Waals surface area contributed by atoms with Gasteiger partial charge in [0.05, 0.1) is 16.2 Å². The monoisotopic (exact) mass is 410 g/mol. The molecule has 9 heteroatoms. The average molecular weight is 411 g/mol. The Morgan fingerprint density at radius 1 is 1.21 bits per heavy atom. The van der Waals surface area contributed by atoms with Gasteiger partial charge in [0.1, 0.15) is 23.7 Å². The number of amides is 1. The van der Waals surface area contributed by atoms with E-state index in [0.29, 0.717) is 27.8 Å². The number of aromatic nitrogens is 3. The molecule has 146 valence electrons. The Bertz CT molecular complexity index is 1210. The maximum atomic E-state index is 14.2. The van der Waals surface area contributed by atoms with Crippen LogP contribution in [-0.4, -0.2) is 20.3 Å². The molecule has 0 unspecified atom stereocenters. The summed E-state index contributed by atoms with van der Waals surface area (Å²) in [6, 6.07) is 11.2. The van der Waals surface area contributed by atoms with Crippen molar-refractivity contribution >= 4 is 40.2 Å². The normalized spacial score (nSPS) is 10.8. The van der Waals surface area contributed by atoms with Crippen molar-refractivity contribution in [2.24, 2.45) is 0 Å². The number of anilines is 3. The fourth-order valence-corrected chi connectivity index (χ4v) is 3.06. The van der Waals surface area contributed by atoms with Crippen LogP contribution in [0.4, 0.5) is 21.6 Å². The number of hydrogen-bond acceptors (Lipinski definition) is 5. The molecule has 4 rings (SSSR count). The van der Waals surface area contributed by atoms with E-state index in [1.54, 1.807) is 47.1 Å². The highest BCUT2D eigenvalue weighted by atomic mass is 35.5. The lowest BCUT2D eigenvalue weighted by atomic mass is 10.1. The Morgan fingerprint density at radius 3 is 2.90 bits per heavy atom. The molecule has 4 N–H and O–H groups in total. The van der Waals surface area contributed by atoms with Crippen LogP contribution >= 0.6 is 11.6 Å². The van der Waals surface area contributed by atoms with E-state index in [0.717, 1.165) is 5.52 Å². The molecule has 0 aliphatic heterocycles. The van der Waals surface area contributed by atoms with Crippen molar-refractivity contribution in [2.45, 2.75) is 6.54 Å². The number of rotatable bonds is 5. The standard InChI is InChI=1S/C20H16ClFN6O/c21-13-7-15-8-18(26-11-28(15)10-13)20(29)27-14-3-4-16(22)12(6-14)9-25-17-2-1-5-24-19(17)23/h1-8,10-11,25H,9H2,(H2,23,24)(H,27,29). The van der Waals surface area contributed by atoms with E-state index in [1.807, 2.05) is 0 Å². The second-order valence-electron chi connectivity index (χ2n) is 6.31. The highest BCUT2D eigenvalue weighted by Gasteiger charge is 2.12. The molecule has 3 heterocycles. The van der Waals surface area contributed by atoms with Crippen LogP contribution in [0.3, 0.4) is 0 Å². The zero-order chi connectivity index (χ0) is 20.4. The number of nitrogens with two attached hydrogens (primary N) is 1. The van der Waals surface area contributed by atoms with Crippen LogP contribution in [0.15, 0.2) is 61.2 Å². The van der Waals surface area contributed by atoms with E-state index in [2.05, 4.69) is 20.6 Å². The van der Waals surface area contributed by atoms with Gasteiger partial charge in [-0.25, -0.2) is 14.4 Å². The second-order valence-corrected chi connectivity index (χ2v) is 6.75. The van der Waals surface area contributed by atoms with E-state index in [4.69, 9.17) is 17.3 Å². The summed E-state index contributed by atoms with van der Waals surface area (Å²) < 4.78 is 15.9. The summed E-state index contributed by atoms with van der Waals surface area (Å²) in [5.41, 5.74) is 8.16. The first-order valence-corrected chi connectivity index (χ1v) is 9.05. The smallest absolute Gasteiger partial charge is 0.274 e. The summed E-state index contributed by atoms with van der Waals surface area (Å²) in [6.45, 7) is 0.179. The van der Waals surface area contributed by atoms with Crippen molar-refractivity contribution in [3.05, 3.63) is 83.3 Å². The third-order valence-corrected chi connectivity index (χ3v) is 4.50. The summed E-state index contributed by atoms with van der Waals surface area (Å²) >= 11 is 5.96. The lowest BCUT2D eigenvalue weighted by Gasteiger charge is -2.11. The van der Waals surface area contributed by atoms with Crippen LogP contribution in [0, 0.1) is 5.82 Å². The molecule has 0 aliphatic rings.